The van der Waals surface area contributed by atoms with Gasteiger partial charge in [-0.15, -0.1) is 0 Å². The maximum absolute atomic E-state index is 10.1. The van der Waals surface area contributed by atoms with E-state index in [0.29, 0.717) is 6.04 Å². The van der Waals surface area contributed by atoms with Gasteiger partial charge in [0.15, 0.2) is 0 Å². The fourth-order valence-corrected chi connectivity index (χ4v) is 2.60. The molecule has 1 saturated heterocycles. The SMILES string of the molecule is CC(C)NCC(C)(C)CN1CCCC(C)(O)C1. The van der Waals surface area contributed by atoms with E-state index >= 15 is 0 Å². The number of piperidine rings is 1. The molecule has 1 rings (SSSR count). The standard InChI is InChI=1S/C14H30N2O/c1-12(2)15-9-13(3,4)10-16-8-6-7-14(5,17)11-16/h12,15,17H,6-11H2,1-5H3. The summed E-state index contributed by atoms with van der Waals surface area (Å²) in [4.78, 5) is 2.41. The highest BCUT2D eigenvalue weighted by Crippen LogP contribution is 2.24. The van der Waals surface area contributed by atoms with Crippen LogP contribution in [-0.2, 0) is 0 Å². The molecule has 1 aliphatic heterocycles. The van der Waals surface area contributed by atoms with Crippen LogP contribution in [0.5, 0.6) is 0 Å². The van der Waals surface area contributed by atoms with Gasteiger partial charge in [0, 0.05) is 25.7 Å². The monoisotopic (exact) mass is 242 g/mol. The highest BCUT2D eigenvalue weighted by atomic mass is 16.3. The Labute approximate surface area is 107 Å². The predicted molar refractivity (Wildman–Crippen MR) is 73.2 cm³/mol. The Morgan fingerprint density at radius 1 is 1.41 bits per heavy atom. The smallest absolute Gasteiger partial charge is 0.0746 e. The van der Waals surface area contributed by atoms with Crippen LogP contribution in [0.3, 0.4) is 0 Å². The Hall–Kier alpha value is -0.120. The molecular weight excluding hydrogens is 212 g/mol. The second-order valence-corrected chi connectivity index (χ2v) is 7.01. The van der Waals surface area contributed by atoms with E-state index in [1.807, 2.05) is 6.92 Å². The van der Waals surface area contributed by atoms with Crippen LogP contribution < -0.4 is 5.32 Å². The number of nitrogens with zero attached hydrogens (tertiary/aromatic N) is 1. The average molecular weight is 242 g/mol. The maximum Gasteiger partial charge on any atom is 0.0746 e. The summed E-state index contributed by atoms with van der Waals surface area (Å²) in [6, 6.07) is 0.540. The van der Waals surface area contributed by atoms with Gasteiger partial charge in [-0.3, -0.25) is 4.90 Å². The van der Waals surface area contributed by atoms with Crippen molar-refractivity contribution in [2.24, 2.45) is 5.41 Å². The van der Waals surface area contributed by atoms with Crippen molar-refractivity contribution in [3.05, 3.63) is 0 Å². The molecule has 0 bridgehead atoms. The molecule has 0 radical (unpaired) electrons. The highest BCUT2D eigenvalue weighted by molar-refractivity contribution is 4.86. The lowest BCUT2D eigenvalue weighted by atomic mass is 9.89. The van der Waals surface area contributed by atoms with Gasteiger partial charge >= 0.3 is 0 Å². The molecule has 3 nitrogen and oxygen atoms in total. The molecule has 0 amide bonds. The normalized spacial score (nSPS) is 27.7. The lowest BCUT2D eigenvalue weighted by Crippen LogP contribution is -2.50. The van der Waals surface area contributed by atoms with Crippen molar-refractivity contribution >= 4 is 0 Å². The number of nitrogens with one attached hydrogen (secondary N) is 1. The van der Waals surface area contributed by atoms with Crippen LogP contribution in [0.2, 0.25) is 0 Å². The first kappa shape index (κ1) is 14.9. The molecule has 3 heteroatoms. The molecule has 0 aromatic heterocycles. The molecule has 1 heterocycles. The number of rotatable bonds is 5. The molecule has 0 aromatic rings. The Morgan fingerprint density at radius 3 is 2.59 bits per heavy atom. The Balaban J connectivity index is 2.41. The van der Waals surface area contributed by atoms with Crippen LogP contribution in [0.25, 0.3) is 0 Å². The average Bonchev–Trinajstić information content (AvgIpc) is 2.12. The van der Waals surface area contributed by atoms with E-state index in [2.05, 4.69) is 37.9 Å². The van der Waals surface area contributed by atoms with Crippen LogP contribution in [-0.4, -0.2) is 47.8 Å². The largest absolute Gasteiger partial charge is 0.389 e. The molecule has 1 atom stereocenters. The Morgan fingerprint density at radius 2 is 2.06 bits per heavy atom. The van der Waals surface area contributed by atoms with E-state index in [9.17, 15) is 5.11 Å². The molecule has 2 N–H and O–H groups in total. The lowest BCUT2D eigenvalue weighted by Gasteiger charge is -2.41. The zero-order valence-electron chi connectivity index (χ0n) is 12.2. The summed E-state index contributed by atoms with van der Waals surface area (Å²) in [6.45, 7) is 14.9. The quantitative estimate of drug-likeness (QED) is 0.772. The van der Waals surface area contributed by atoms with Gasteiger partial charge < -0.3 is 10.4 Å². The Kier molecular flexibility index (Phi) is 4.99. The maximum atomic E-state index is 10.1. The molecule has 1 fully saturated rings. The molecule has 1 unspecified atom stereocenters. The molecule has 1 aliphatic rings. The molecule has 102 valence electrons. The predicted octanol–water partition coefficient (Wildman–Crippen LogP) is 1.86. The van der Waals surface area contributed by atoms with Gasteiger partial charge in [-0.05, 0) is 31.7 Å². The van der Waals surface area contributed by atoms with Gasteiger partial charge in [0.05, 0.1) is 5.60 Å². The minimum absolute atomic E-state index is 0.262. The van der Waals surface area contributed by atoms with Gasteiger partial charge in [0.2, 0.25) is 0 Å². The van der Waals surface area contributed by atoms with Gasteiger partial charge in [-0.1, -0.05) is 27.7 Å². The van der Waals surface area contributed by atoms with Crippen LogP contribution >= 0.6 is 0 Å². The fourth-order valence-electron chi connectivity index (χ4n) is 2.60. The third kappa shape index (κ3) is 5.84. The topological polar surface area (TPSA) is 35.5 Å². The van der Waals surface area contributed by atoms with E-state index in [4.69, 9.17) is 0 Å². The van der Waals surface area contributed by atoms with Crippen molar-refractivity contribution in [2.75, 3.05) is 26.2 Å². The number of likely N-dealkylation sites (tertiary alicyclic amines) is 1. The molecule has 0 spiro atoms. The first-order valence-electron chi connectivity index (χ1n) is 6.88. The van der Waals surface area contributed by atoms with Crippen molar-refractivity contribution in [1.82, 2.24) is 10.2 Å². The summed E-state index contributed by atoms with van der Waals surface area (Å²) in [5, 5.41) is 13.6. The lowest BCUT2D eigenvalue weighted by molar-refractivity contribution is -0.0255. The second-order valence-electron chi connectivity index (χ2n) is 7.01. The van der Waals surface area contributed by atoms with Crippen molar-refractivity contribution in [3.8, 4) is 0 Å². The third-order valence-corrected chi connectivity index (χ3v) is 3.39. The number of hydrogen-bond donors (Lipinski definition) is 2. The van der Waals surface area contributed by atoms with E-state index in [1.165, 1.54) is 0 Å². The minimum Gasteiger partial charge on any atom is -0.389 e. The molecule has 0 aliphatic carbocycles. The molecular formula is C14H30N2O. The first-order chi connectivity index (χ1) is 7.70. The van der Waals surface area contributed by atoms with Crippen LogP contribution in [0.4, 0.5) is 0 Å². The molecule has 0 saturated carbocycles. The van der Waals surface area contributed by atoms with Gasteiger partial charge in [-0.2, -0.15) is 0 Å². The zero-order chi connectivity index (χ0) is 13.1. The number of β-amino-alcohol motifs (C(OH)–C–C–N with tert-alkyl or cyclic N) is 1. The fraction of sp³-hybridized carbons (Fsp3) is 1.00. The van der Waals surface area contributed by atoms with Crippen LogP contribution in [0, 0.1) is 5.41 Å². The summed E-state index contributed by atoms with van der Waals surface area (Å²) in [6.07, 6.45) is 2.05. The van der Waals surface area contributed by atoms with Gasteiger partial charge in [0.25, 0.3) is 0 Å². The van der Waals surface area contributed by atoms with E-state index in [1.54, 1.807) is 0 Å². The minimum atomic E-state index is -0.486. The van der Waals surface area contributed by atoms with Crippen LogP contribution in [0.1, 0.15) is 47.5 Å². The zero-order valence-corrected chi connectivity index (χ0v) is 12.2. The third-order valence-electron chi connectivity index (χ3n) is 3.39. The highest BCUT2D eigenvalue weighted by Gasteiger charge is 2.31. The van der Waals surface area contributed by atoms with Gasteiger partial charge in [0.1, 0.15) is 0 Å². The van der Waals surface area contributed by atoms with Gasteiger partial charge in [-0.25, -0.2) is 0 Å². The van der Waals surface area contributed by atoms with Crippen LogP contribution in [0.15, 0.2) is 0 Å². The summed E-state index contributed by atoms with van der Waals surface area (Å²) < 4.78 is 0. The van der Waals surface area contributed by atoms with E-state index < -0.39 is 5.60 Å². The van der Waals surface area contributed by atoms with Crippen molar-refractivity contribution in [2.45, 2.75) is 59.1 Å². The van der Waals surface area contributed by atoms with E-state index in [0.717, 1.165) is 39.0 Å². The van der Waals surface area contributed by atoms with Crippen molar-refractivity contribution in [3.63, 3.8) is 0 Å². The number of aliphatic hydroxyl groups is 1. The summed E-state index contributed by atoms with van der Waals surface area (Å²) in [5.74, 6) is 0. The second kappa shape index (κ2) is 5.68. The van der Waals surface area contributed by atoms with E-state index in [-0.39, 0.29) is 5.41 Å². The van der Waals surface area contributed by atoms with Crippen molar-refractivity contribution < 1.29 is 5.11 Å². The summed E-state index contributed by atoms with van der Waals surface area (Å²) in [5.41, 5.74) is -0.225. The Bertz CT molecular complexity index is 236. The summed E-state index contributed by atoms with van der Waals surface area (Å²) >= 11 is 0. The first-order valence-corrected chi connectivity index (χ1v) is 6.88. The molecule has 17 heavy (non-hydrogen) atoms. The van der Waals surface area contributed by atoms with Crippen molar-refractivity contribution in [1.29, 1.82) is 0 Å². The summed E-state index contributed by atoms with van der Waals surface area (Å²) in [7, 11) is 0. The molecule has 0 aromatic carbocycles. The number of hydrogen-bond acceptors (Lipinski definition) is 3.